The standard InChI is InChI=1S/C11H13F2NO2S/c1-2-16-10(15)9-8(14)6-5-11(12,13)4-3-7(6)17-9/h2-5,14H2,1H3. The molecule has 0 amide bonds. The molecule has 0 bridgehead atoms. The lowest BCUT2D eigenvalue weighted by molar-refractivity contribution is -0.0115. The van der Waals surface area contributed by atoms with Gasteiger partial charge in [0.2, 0.25) is 0 Å². The van der Waals surface area contributed by atoms with E-state index in [9.17, 15) is 13.6 Å². The van der Waals surface area contributed by atoms with Gasteiger partial charge >= 0.3 is 5.97 Å². The molecule has 0 atom stereocenters. The van der Waals surface area contributed by atoms with Crippen molar-refractivity contribution in [1.29, 1.82) is 0 Å². The van der Waals surface area contributed by atoms with Crippen LogP contribution in [0.2, 0.25) is 0 Å². The smallest absolute Gasteiger partial charge is 0.350 e. The van der Waals surface area contributed by atoms with E-state index in [-0.39, 0.29) is 36.4 Å². The molecule has 1 heterocycles. The quantitative estimate of drug-likeness (QED) is 0.833. The average molecular weight is 261 g/mol. The van der Waals surface area contributed by atoms with Crippen LogP contribution in [0.3, 0.4) is 0 Å². The van der Waals surface area contributed by atoms with Crippen LogP contribution in [-0.2, 0) is 17.6 Å². The van der Waals surface area contributed by atoms with E-state index in [0.717, 1.165) is 4.88 Å². The predicted octanol–water partition coefficient (Wildman–Crippen LogP) is 2.63. The number of fused-ring (bicyclic) bond motifs is 1. The van der Waals surface area contributed by atoms with Crippen molar-refractivity contribution in [2.75, 3.05) is 12.3 Å². The molecule has 0 unspecified atom stereocenters. The molecule has 0 saturated heterocycles. The Balaban J connectivity index is 2.34. The van der Waals surface area contributed by atoms with Crippen molar-refractivity contribution in [1.82, 2.24) is 0 Å². The van der Waals surface area contributed by atoms with Crippen LogP contribution in [0.1, 0.15) is 33.5 Å². The molecule has 17 heavy (non-hydrogen) atoms. The molecule has 0 fully saturated rings. The van der Waals surface area contributed by atoms with E-state index in [4.69, 9.17) is 10.5 Å². The molecule has 1 aromatic rings. The molecule has 0 aliphatic heterocycles. The van der Waals surface area contributed by atoms with Crippen LogP contribution in [0.15, 0.2) is 0 Å². The Morgan fingerprint density at radius 1 is 1.59 bits per heavy atom. The van der Waals surface area contributed by atoms with Crippen LogP contribution in [0.4, 0.5) is 14.5 Å². The van der Waals surface area contributed by atoms with Crippen molar-refractivity contribution in [3.63, 3.8) is 0 Å². The van der Waals surface area contributed by atoms with Gasteiger partial charge in [-0.2, -0.15) is 0 Å². The number of nitrogens with two attached hydrogens (primary N) is 1. The van der Waals surface area contributed by atoms with E-state index in [1.807, 2.05) is 0 Å². The number of halogens is 2. The zero-order valence-electron chi connectivity index (χ0n) is 9.39. The number of anilines is 1. The number of carbonyl (C=O) groups excluding carboxylic acids is 1. The van der Waals surface area contributed by atoms with Crippen molar-refractivity contribution in [2.24, 2.45) is 0 Å². The summed E-state index contributed by atoms with van der Waals surface area (Å²) in [7, 11) is 0. The van der Waals surface area contributed by atoms with Gasteiger partial charge in [0.05, 0.1) is 12.3 Å². The number of nitrogen functional groups attached to an aromatic ring is 1. The Bertz CT molecular complexity index is 457. The summed E-state index contributed by atoms with van der Waals surface area (Å²) >= 11 is 1.18. The largest absolute Gasteiger partial charge is 0.462 e. The molecule has 6 heteroatoms. The Morgan fingerprint density at radius 2 is 2.29 bits per heavy atom. The number of hydrogen-bond donors (Lipinski definition) is 1. The number of ether oxygens (including phenoxy) is 1. The van der Waals surface area contributed by atoms with Crippen LogP contribution in [-0.4, -0.2) is 18.5 Å². The highest BCUT2D eigenvalue weighted by Gasteiger charge is 2.37. The minimum atomic E-state index is -2.71. The zero-order valence-corrected chi connectivity index (χ0v) is 10.2. The lowest BCUT2D eigenvalue weighted by atomic mass is 9.94. The van der Waals surface area contributed by atoms with Crippen molar-refractivity contribution in [3.8, 4) is 0 Å². The van der Waals surface area contributed by atoms with Gasteiger partial charge in [0.15, 0.2) is 0 Å². The van der Waals surface area contributed by atoms with Gasteiger partial charge in [-0.25, -0.2) is 13.6 Å². The number of thiophene rings is 1. The summed E-state index contributed by atoms with van der Waals surface area (Å²) in [5.41, 5.74) is 6.35. The number of hydrogen-bond acceptors (Lipinski definition) is 4. The molecule has 3 nitrogen and oxygen atoms in total. The van der Waals surface area contributed by atoms with Crippen molar-refractivity contribution in [3.05, 3.63) is 15.3 Å². The fourth-order valence-electron chi connectivity index (χ4n) is 1.91. The van der Waals surface area contributed by atoms with Gasteiger partial charge in [0.1, 0.15) is 4.88 Å². The number of esters is 1. The van der Waals surface area contributed by atoms with Gasteiger partial charge in [0, 0.05) is 17.7 Å². The van der Waals surface area contributed by atoms with E-state index < -0.39 is 11.9 Å². The summed E-state index contributed by atoms with van der Waals surface area (Å²) in [5.74, 6) is -3.23. The van der Waals surface area contributed by atoms with Crippen LogP contribution in [0, 0.1) is 0 Å². The zero-order chi connectivity index (χ0) is 12.6. The minimum absolute atomic E-state index is 0.169. The molecule has 0 spiro atoms. The van der Waals surface area contributed by atoms with Crippen molar-refractivity contribution in [2.45, 2.75) is 32.1 Å². The van der Waals surface area contributed by atoms with Gasteiger partial charge in [-0.3, -0.25) is 0 Å². The molecule has 1 aliphatic rings. The lowest BCUT2D eigenvalue weighted by Gasteiger charge is -2.21. The summed E-state index contributed by atoms with van der Waals surface area (Å²) in [5, 5.41) is 0. The SMILES string of the molecule is CCOC(=O)c1sc2c(c1N)CC(F)(F)CC2. The first-order valence-corrected chi connectivity index (χ1v) is 6.21. The number of carbonyl (C=O) groups is 1. The van der Waals surface area contributed by atoms with Crippen LogP contribution in [0.25, 0.3) is 0 Å². The highest BCUT2D eigenvalue weighted by molar-refractivity contribution is 7.14. The van der Waals surface area contributed by atoms with E-state index in [1.165, 1.54) is 11.3 Å². The number of aryl methyl sites for hydroxylation is 1. The Hall–Kier alpha value is -1.17. The fraction of sp³-hybridized carbons (Fsp3) is 0.545. The predicted molar refractivity (Wildman–Crippen MR) is 61.7 cm³/mol. The third kappa shape index (κ3) is 2.26. The van der Waals surface area contributed by atoms with Crippen molar-refractivity contribution < 1.29 is 18.3 Å². The Kier molecular flexibility index (Phi) is 3.07. The second kappa shape index (κ2) is 4.25. The van der Waals surface area contributed by atoms with Crippen LogP contribution in [0.5, 0.6) is 0 Å². The van der Waals surface area contributed by atoms with Crippen LogP contribution >= 0.6 is 11.3 Å². The minimum Gasteiger partial charge on any atom is -0.462 e. The topological polar surface area (TPSA) is 52.3 Å². The molecule has 2 N–H and O–H groups in total. The number of alkyl halides is 2. The van der Waals surface area contributed by atoms with Gasteiger partial charge in [-0.15, -0.1) is 11.3 Å². The maximum absolute atomic E-state index is 13.3. The average Bonchev–Trinajstić information content (AvgIpc) is 2.55. The first kappa shape index (κ1) is 12.3. The fourth-order valence-corrected chi connectivity index (χ4v) is 3.05. The van der Waals surface area contributed by atoms with E-state index in [1.54, 1.807) is 6.92 Å². The van der Waals surface area contributed by atoms with Gasteiger partial charge < -0.3 is 10.5 Å². The normalized spacial score (nSPS) is 17.6. The van der Waals surface area contributed by atoms with E-state index in [0.29, 0.717) is 5.56 Å². The summed E-state index contributed by atoms with van der Waals surface area (Å²) in [4.78, 5) is 12.6. The molecular formula is C11H13F2NO2S. The van der Waals surface area contributed by atoms with Crippen LogP contribution < -0.4 is 5.73 Å². The first-order valence-electron chi connectivity index (χ1n) is 5.39. The third-order valence-electron chi connectivity index (χ3n) is 2.75. The highest BCUT2D eigenvalue weighted by atomic mass is 32.1. The molecule has 0 radical (unpaired) electrons. The Morgan fingerprint density at radius 3 is 2.94 bits per heavy atom. The molecular weight excluding hydrogens is 248 g/mol. The molecule has 2 rings (SSSR count). The summed E-state index contributed by atoms with van der Waals surface area (Å²) in [6.07, 6.45) is -0.275. The second-order valence-electron chi connectivity index (χ2n) is 4.00. The molecule has 1 aromatic heterocycles. The Labute approximate surface area is 102 Å². The summed E-state index contributed by atoms with van der Waals surface area (Å²) in [6, 6.07) is 0. The lowest BCUT2D eigenvalue weighted by Crippen LogP contribution is -2.25. The van der Waals surface area contributed by atoms with E-state index in [2.05, 4.69) is 0 Å². The molecule has 0 aromatic carbocycles. The van der Waals surface area contributed by atoms with Gasteiger partial charge in [-0.05, 0) is 18.9 Å². The molecule has 0 saturated carbocycles. The number of rotatable bonds is 2. The van der Waals surface area contributed by atoms with E-state index >= 15 is 0 Å². The summed E-state index contributed by atoms with van der Waals surface area (Å²) < 4.78 is 31.4. The maximum Gasteiger partial charge on any atom is 0.350 e. The molecule has 94 valence electrons. The monoisotopic (exact) mass is 261 g/mol. The molecule has 1 aliphatic carbocycles. The highest BCUT2D eigenvalue weighted by Crippen LogP contribution is 2.41. The van der Waals surface area contributed by atoms with Crippen molar-refractivity contribution >= 4 is 23.0 Å². The maximum atomic E-state index is 13.3. The van der Waals surface area contributed by atoms with Gasteiger partial charge in [0.25, 0.3) is 5.92 Å². The first-order chi connectivity index (χ1) is 7.94. The third-order valence-corrected chi connectivity index (χ3v) is 4.03. The second-order valence-corrected chi connectivity index (χ2v) is 5.10. The summed E-state index contributed by atoms with van der Waals surface area (Å²) in [6.45, 7) is 1.94. The van der Waals surface area contributed by atoms with Gasteiger partial charge in [-0.1, -0.05) is 0 Å².